The van der Waals surface area contributed by atoms with Crippen molar-refractivity contribution in [1.82, 2.24) is 0 Å². The summed E-state index contributed by atoms with van der Waals surface area (Å²) in [6, 6.07) is 0. The Morgan fingerprint density at radius 2 is 1.50 bits per heavy atom. The first-order valence-electron chi connectivity index (χ1n) is 13.0. The molecule has 0 aromatic rings. The van der Waals surface area contributed by atoms with Gasteiger partial charge in [0, 0.05) is 31.7 Å². The molecule has 188 valence electrons. The molecular formula is C26H48O6. The van der Waals surface area contributed by atoms with Gasteiger partial charge in [-0.05, 0) is 77.0 Å². The third kappa shape index (κ3) is 8.52. The van der Waals surface area contributed by atoms with Crippen LogP contribution in [0.4, 0.5) is 0 Å². The fourth-order valence-electron chi connectivity index (χ4n) is 5.78. The van der Waals surface area contributed by atoms with Gasteiger partial charge in [0.2, 0.25) is 0 Å². The highest BCUT2D eigenvalue weighted by molar-refractivity contribution is 4.93. The number of epoxide rings is 1. The summed E-state index contributed by atoms with van der Waals surface area (Å²) in [4.78, 5) is 0. The van der Waals surface area contributed by atoms with Gasteiger partial charge in [0.05, 0.1) is 50.8 Å². The molecule has 0 amide bonds. The molecule has 6 nitrogen and oxygen atoms in total. The molecule has 0 bridgehead atoms. The number of rotatable bonds is 10. The largest absolute Gasteiger partial charge is 0.400 e. The third-order valence-corrected chi connectivity index (χ3v) is 7.69. The lowest BCUT2D eigenvalue weighted by Gasteiger charge is -2.35. The molecule has 4 rings (SSSR count). The highest BCUT2D eigenvalue weighted by Crippen LogP contribution is 2.43. The van der Waals surface area contributed by atoms with Crippen molar-refractivity contribution in [2.45, 2.75) is 96.6 Å². The maximum absolute atomic E-state index is 7.00. The summed E-state index contributed by atoms with van der Waals surface area (Å²) in [5.74, 6) is 1.92. The Bertz CT molecular complexity index is 522. The quantitative estimate of drug-likeness (QED) is 0.496. The van der Waals surface area contributed by atoms with Crippen molar-refractivity contribution in [2.24, 2.45) is 23.2 Å². The zero-order valence-corrected chi connectivity index (χ0v) is 20.9. The highest BCUT2D eigenvalue weighted by atomic mass is 16.6. The smallest absolute Gasteiger partial charge is 0.0844 e. The molecule has 6 heteroatoms. The van der Waals surface area contributed by atoms with Gasteiger partial charge in [-0.2, -0.15) is 0 Å². The Balaban J connectivity index is 0.00000141. The predicted molar refractivity (Wildman–Crippen MR) is 125 cm³/mol. The summed E-state index contributed by atoms with van der Waals surface area (Å²) in [5, 5.41) is 7.00. The summed E-state index contributed by atoms with van der Waals surface area (Å²) < 4.78 is 29.9. The predicted octanol–water partition coefficient (Wildman–Crippen LogP) is 4.22. The van der Waals surface area contributed by atoms with Crippen LogP contribution in [0.15, 0.2) is 0 Å². The molecule has 0 aromatic heterocycles. The first-order chi connectivity index (χ1) is 15.5. The fraction of sp³-hybridized carbons (Fsp3) is 1.00. The van der Waals surface area contributed by atoms with Crippen LogP contribution >= 0.6 is 0 Å². The zero-order valence-electron chi connectivity index (χ0n) is 20.9. The van der Waals surface area contributed by atoms with Gasteiger partial charge in [0.1, 0.15) is 0 Å². The lowest BCUT2D eigenvalue weighted by atomic mass is 9.76. The number of fused-ring (bicyclic) bond motifs is 1. The number of aliphatic hydroxyl groups is 1. The summed E-state index contributed by atoms with van der Waals surface area (Å²) in [6.07, 6.45) is 11.5. The molecule has 4 aliphatic rings. The number of aliphatic hydroxyl groups excluding tert-OH is 1. The topological polar surface area (TPSA) is 69.7 Å². The van der Waals surface area contributed by atoms with Gasteiger partial charge >= 0.3 is 0 Å². The van der Waals surface area contributed by atoms with Gasteiger partial charge in [-0.15, -0.1) is 0 Å². The van der Waals surface area contributed by atoms with Crippen molar-refractivity contribution >= 4 is 0 Å². The molecule has 3 saturated heterocycles. The third-order valence-electron chi connectivity index (χ3n) is 7.69. The van der Waals surface area contributed by atoms with E-state index in [1.165, 1.54) is 32.1 Å². The average molecular weight is 457 g/mol. The maximum atomic E-state index is 7.00. The van der Waals surface area contributed by atoms with E-state index < -0.39 is 0 Å². The molecule has 32 heavy (non-hydrogen) atoms. The molecule has 8 atom stereocenters. The molecule has 3 aliphatic heterocycles. The zero-order chi connectivity index (χ0) is 23.0. The van der Waals surface area contributed by atoms with Crippen LogP contribution in [0.1, 0.15) is 72.1 Å². The summed E-state index contributed by atoms with van der Waals surface area (Å²) in [5.41, 5.74) is 0.0754. The van der Waals surface area contributed by atoms with Crippen LogP contribution in [-0.2, 0) is 23.7 Å². The Labute approximate surface area is 195 Å². The van der Waals surface area contributed by atoms with Crippen molar-refractivity contribution in [1.29, 1.82) is 0 Å². The second kappa shape index (κ2) is 13.0. The molecule has 1 saturated carbocycles. The summed E-state index contributed by atoms with van der Waals surface area (Å²) >= 11 is 0. The van der Waals surface area contributed by atoms with Crippen LogP contribution in [0, 0.1) is 23.2 Å². The second-order valence-corrected chi connectivity index (χ2v) is 11.1. The number of hydrogen-bond acceptors (Lipinski definition) is 6. The molecule has 4 fully saturated rings. The minimum Gasteiger partial charge on any atom is -0.400 e. The Morgan fingerprint density at radius 1 is 0.781 bits per heavy atom. The molecule has 1 N–H and O–H groups in total. The van der Waals surface area contributed by atoms with Gasteiger partial charge in [0.15, 0.2) is 0 Å². The van der Waals surface area contributed by atoms with Crippen molar-refractivity contribution in [3.05, 3.63) is 0 Å². The molecule has 1 aliphatic carbocycles. The maximum Gasteiger partial charge on any atom is 0.0844 e. The van der Waals surface area contributed by atoms with Crippen LogP contribution < -0.4 is 0 Å². The van der Waals surface area contributed by atoms with E-state index in [9.17, 15) is 0 Å². The molecule has 0 aromatic carbocycles. The van der Waals surface area contributed by atoms with E-state index >= 15 is 0 Å². The van der Waals surface area contributed by atoms with Crippen molar-refractivity contribution in [3.63, 3.8) is 0 Å². The van der Waals surface area contributed by atoms with Crippen LogP contribution in [0.5, 0.6) is 0 Å². The van der Waals surface area contributed by atoms with E-state index in [1.54, 1.807) is 0 Å². The fourth-order valence-corrected chi connectivity index (χ4v) is 5.78. The van der Waals surface area contributed by atoms with Gasteiger partial charge < -0.3 is 28.8 Å². The van der Waals surface area contributed by atoms with Crippen LogP contribution in [0.25, 0.3) is 0 Å². The first kappa shape index (κ1) is 26.4. The van der Waals surface area contributed by atoms with E-state index in [0.29, 0.717) is 36.3 Å². The first-order valence-corrected chi connectivity index (χ1v) is 13.0. The van der Waals surface area contributed by atoms with Crippen molar-refractivity contribution in [2.75, 3.05) is 46.8 Å². The molecular weight excluding hydrogens is 408 g/mol. The lowest BCUT2D eigenvalue weighted by Crippen LogP contribution is -2.36. The minimum absolute atomic E-state index is 0.0754. The molecule has 3 heterocycles. The normalized spacial score (nSPS) is 38.7. The van der Waals surface area contributed by atoms with E-state index in [-0.39, 0.29) is 5.41 Å². The van der Waals surface area contributed by atoms with E-state index in [2.05, 4.69) is 20.8 Å². The lowest BCUT2D eigenvalue weighted by molar-refractivity contribution is -0.0749. The van der Waals surface area contributed by atoms with E-state index in [4.69, 9.17) is 28.8 Å². The molecule has 0 spiro atoms. The molecule has 8 unspecified atom stereocenters. The van der Waals surface area contributed by atoms with Crippen LogP contribution in [-0.4, -0.2) is 76.3 Å². The van der Waals surface area contributed by atoms with Crippen LogP contribution in [0.3, 0.4) is 0 Å². The SMILES string of the molecule is CC1CCC(COCC(C)(COCC2CCOC(C)C2)CC2CCC3OC3C2)CO1.CO. The van der Waals surface area contributed by atoms with Gasteiger partial charge in [-0.25, -0.2) is 0 Å². The summed E-state index contributed by atoms with van der Waals surface area (Å²) in [6.45, 7) is 11.7. The Hall–Kier alpha value is -0.240. The summed E-state index contributed by atoms with van der Waals surface area (Å²) in [7, 11) is 1.00. The Kier molecular flexibility index (Phi) is 10.7. The minimum atomic E-state index is 0.0754. The van der Waals surface area contributed by atoms with Crippen molar-refractivity contribution in [3.8, 4) is 0 Å². The van der Waals surface area contributed by atoms with Gasteiger partial charge in [-0.3, -0.25) is 0 Å². The standard InChI is InChI=1S/C25H44O5.CH4O/c1-18-4-5-22(15-29-18)14-27-17-25(3,12-20-6-7-23-24(11-20)30-23)16-26-13-21-8-9-28-19(2)10-21;1-2/h18-24H,4-17H2,1-3H3;2H,1H3. The average Bonchev–Trinajstić information content (AvgIpc) is 3.55. The second-order valence-electron chi connectivity index (χ2n) is 11.1. The molecule has 0 radical (unpaired) electrons. The number of hydrogen-bond donors (Lipinski definition) is 1. The van der Waals surface area contributed by atoms with Crippen molar-refractivity contribution < 1.29 is 28.8 Å². The van der Waals surface area contributed by atoms with E-state index in [0.717, 1.165) is 71.9 Å². The highest BCUT2D eigenvalue weighted by Gasteiger charge is 2.45. The monoisotopic (exact) mass is 456 g/mol. The van der Waals surface area contributed by atoms with Gasteiger partial charge in [0.25, 0.3) is 0 Å². The Morgan fingerprint density at radius 3 is 2.16 bits per heavy atom. The van der Waals surface area contributed by atoms with E-state index in [1.807, 2.05) is 0 Å². The van der Waals surface area contributed by atoms with Gasteiger partial charge in [-0.1, -0.05) is 6.92 Å². The number of ether oxygens (including phenoxy) is 5. The van der Waals surface area contributed by atoms with Crippen LogP contribution in [0.2, 0.25) is 0 Å².